The second-order valence-electron chi connectivity index (χ2n) is 13.9. The molecule has 1 spiro atoms. The van der Waals surface area contributed by atoms with E-state index in [-0.39, 0.29) is 0 Å². The lowest BCUT2D eigenvalue weighted by Gasteiger charge is -2.40. The van der Waals surface area contributed by atoms with Crippen LogP contribution in [0.3, 0.4) is 0 Å². The summed E-state index contributed by atoms with van der Waals surface area (Å²) >= 11 is 1.87. The van der Waals surface area contributed by atoms with Crippen molar-refractivity contribution < 1.29 is 0 Å². The highest BCUT2D eigenvalue weighted by Gasteiger charge is 2.50. The molecule has 0 bridgehead atoms. The molecule has 0 saturated carbocycles. The van der Waals surface area contributed by atoms with Gasteiger partial charge >= 0.3 is 0 Å². The number of benzene rings is 8. The molecule has 3 nitrogen and oxygen atoms in total. The van der Waals surface area contributed by atoms with Crippen LogP contribution in [0.15, 0.2) is 198 Å². The molecule has 0 fully saturated rings. The Kier molecular flexibility index (Phi) is 7.01. The van der Waals surface area contributed by atoms with Gasteiger partial charge in [-0.1, -0.05) is 176 Å². The monoisotopic (exact) mass is 705 g/mol. The van der Waals surface area contributed by atoms with E-state index in [1.54, 1.807) is 0 Å². The Morgan fingerprint density at radius 2 is 0.870 bits per heavy atom. The molecule has 1 aliphatic carbocycles. The fourth-order valence-corrected chi connectivity index (χ4v) is 9.81. The summed E-state index contributed by atoms with van der Waals surface area (Å²) in [6, 6.07) is 67.4. The largest absolute Gasteiger partial charge is 0.208 e. The maximum atomic E-state index is 5.16. The Balaban J connectivity index is 1.09. The van der Waals surface area contributed by atoms with Crippen LogP contribution in [0, 0.1) is 0 Å². The minimum Gasteiger partial charge on any atom is -0.208 e. The number of hydrogen-bond acceptors (Lipinski definition) is 4. The van der Waals surface area contributed by atoms with E-state index in [1.807, 2.05) is 30.0 Å². The summed E-state index contributed by atoms with van der Waals surface area (Å²) in [5, 5.41) is 2.26. The predicted octanol–water partition coefficient (Wildman–Crippen LogP) is 12.5. The molecule has 2 heterocycles. The van der Waals surface area contributed by atoms with Crippen LogP contribution >= 0.6 is 11.8 Å². The molecule has 0 unspecified atom stereocenters. The van der Waals surface area contributed by atoms with Gasteiger partial charge < -0.3 is 0 Å². The molecule has 0 saturated heterocycles. The quantitative estimate of drug-likeness (QED) is 0.183. The van der Waals surface area contributed by atoms with Crippen LogP contribution in [0.5, 0.6) is 0 Å². The van der Waals surface area contributed by atoms with E-state index in [0.29, 0.717) is 17.5 Å². The van der Waals surface area contributed by atoms with E-state index in [0.717, 1.165) is 38.6 Å². The molecule has 0 radical (unpaired) electrons. The molecular weight excluding hydrogens is 675 g/mol. The maximum Gasteiger partial charge on any atom is 0.164 e. The molecule has 252 valence electrons. The zero-order valence-electron chi connectivity index (χ0n) is 29.1. The van der Waals surface area contributed by atoms with Crippen LogP contribution in [0.2, 0.25) is 0 Å². The van der Waals surface area contributed by atoms with Gasteiger partial charge in [-0.3, -0.25) is 0 Å². The molecule has 8 aromatic carbocycles. The first-order chi connectivity index (χ1) is 26.8. The Morgan fingerprint density at radius 1 is 0.333 bits per heavy atom. The van der Waals surface area contributed by atoms with Crippen molar-refractivity contribution in [1.82, 2.24) is 15.0 Å². The summed E-state index contributed by atoms with van der Waals surface area (Å²) in [4.78, 5) is 17.9. The predicted molar refractivity (Wildman–Crippen MR) is 221 cm³/mol. The highest BCUT2D eigenvalue weighted by Crippen LogP contribution is 2.62. The zero-order chi connectivity index (χ0) is 35.6. The van der Waals surface area contributed by atoms with Gasteiger partial charge in [-0.05, 0) is 79.5 Å². The lowest BCUT2D eigenvalue weighted by atomic mass is 9.67. The first-order valence-corrected chi connectivity index (χ1v) is 19.1. The van der Waals surface area contributed by atoms with Gasteiger partial charge in [-0.2, -0.15) is 0 Å². The second-order valence-corrected chi connectivity index (χ2v) is 15.0. The van der Waals surface area contributed by atoms with E-state index < -0.39 is 5.41 Å². The van der Waals surface area contributed by atoms with Gasteiger partial charge in [0.2, 0.25) is 0 Å². The van der Waals surface area contributed by atoms with Crippen LogP contribution in [0.25, 0.3) is 67.2 Å². The SMILES string of the molecule is c1ccc(-c2nc(-c3cccc(-c4ccc5c(c4)C4(c6ccccc6S5)c5ccccc5-c5ccccc54)c3)nc(-c3cccc4ccccc34)n2)cc1. The number of fused-ring (bicyclic) bond motifs is 10. The normalized spacial score (nSPS) is 13.3. The third-order valence-electron chi connectivity index (χ3n) is 11.0. The van der Waals surface area contributed by atoms with Crippen LogP contribution < -0.4 is 0 Å². The second kappa shape index (κ2) is 12.2. The Labute approximate surface area is 318 Å². The maximum absolute atomic E-state index is 5.16. The van der Waals surface area contributed by atoms with Gasteiger partial charge in [0.15, 0.2) is 17.5 Å². The number of hydrogen-bond donors (Lipinski definition) is 0. The lowest BCUT2D eigenvalue weighted by molar-refractivity contribution is 0.723. The summed E-state index contributed by atoms with van der Waals surface area (Å²) in [6.07, 6.45) is 0. The average molecular weight is 706 g/mol. The molecule has 0 amide bonds. The third kappa shape index (κ3) is 4.67. The molecule has 2 aliphatic rings. The number of nitrogens with zero attached hydrogens (tertiary/aromatic N) is 3. The van der Waals surface area contributed by atoms with Crippen LogP contribution in [0.4, 0.5) is 0 Å². The highest BCUT2D eigenvalue weighted by atomic mass is 32.2. The topological polar surface area (TPSA) is 38.7 Å². The van der Waals surface area contributed by atoms with Crippen LogP contribution in [-0.2, 0) is 5.41 Å². The van der Waals surface area contributed by atoms with Crippen molar-refractivity contribution in [2.45, 2.75) is 15.2 Å². The third-order valence-corrected chi connectivity index (χ3v) is 12.2. The molecular formula is C50H31N3S. The van der Waals surface area contributed by atoms with Crippen molar-refractivity contribution in [3.8, 4) is 56.4 Å². The van der Waals surface area contributed by atoms with E-state index >= 15 is 0 Å². The molecule has 9 aromatic rings. The Morgan fingerprint density at radius 3 is 1.69 bits per heavy atom. The van der Waals surface area contributed by atoms with Crippen LogP contribution in [-0.4, -0.2) is 15.0 Å². The molecule has 0 atom stereocenters. The fourth-order valence-electron chi connectivity index (χ4n) is 8.64. The molecule has 4 heteroatoms. The minimum atomic E-state index is -0.426. The zero-order valence-corrected chi connectivity index (χ0v) is 30.0. The van der Waals surface area contributed by atoms with Crippen molar-refractivity contribution in [2.24, 2.45) is 0 Å². The fraction of sp³-hybridized carbons (Fsp3) is 0.0200. The summed E-state index contributed by atoms with van der Waals surface area (Å²) in [6.45, 7) is 0. The first-order valence-electron chi connectivity index (χ1n) is 18.3. The molecule has 11 rings (SSSR count). The van der Waals surface area contributed by atoms with Crippen molar-refractivity contribution in [3.63, 3.8) is 0 Å². The van der Waals surface area contributed by atoms with Gasteiger partial charge in [-0.15, -0.1) is 0 Å². The summed E-state index contributed by atoms with van der Waals surface area (Å²) in [5.41, 5.74) is 12.7. The van der Waals surface area contributed by atoms with E-state index in [2.05, 4.69) is 170 Å². The lowest BCUT2D eigenvalue weighted by Crippen LogP contribution is -2.32. The smallest absolute Gasteiger partial charge is 0.164 e. The number of rotatable bonds is 4. The Hall–Kier alpha value is -6.62. The van der Waals surface area contributed by atoms with Gasteiger partial charge in [0.05, 0.1) is 5.41 Å². The molecule has 0 N–H and O–H groups in total. The molecule has 1 aromatic heterocycles. The van der Waals surface area contributed by atoms with Gasteiger partial charge in [-0.25, -0.2) is 15.0 Å². The van der Waals surface area contributed by atoms with Crippen LogP contribution in [0.1, 0.15) is 22.3 Å². The Bertz CT molecular complexity index is 2880. The average Bonchev–Trinajstić information content (AvgIpc) is 3.54. The van der Waals surface area contributed by atoms with Gasteiger partial charge in [0.1, 0.15) is 0 Å². The summed E-state index contributed by atoms with van der Waals surface area (Å²) in [5.74, 6) is 1.95. The van der Waals surface area contributed by atoms with E-state index in [9.17, 15) is 0 Å². The van der Waals surface area contributed by atoms with Gasteiger partial charge in [0.25, 0.3) is 0 Å². The number of aromatic nitrogens is 3. The van der Waals surface area contributed by atoms with Crippen molar-refractivity contribution in [2.75, 3.05) is 0 Å². The summed E-state index contributed by atoms with van der Waals surface area (Å²) < 4.78 is 0. The highest BCUT2D eigenvalue weighted by molar-refractivity contribution is 7.99. The standard InChI is InChI=1S/C50H31N3S/c1-2-15-33(16-3-1)47-51-48(53-49(52-47)40-23-13-17-32-14-4-5-20-37(32)40)36-19-12-18-34(30-36)35-28-29-46-44(31-35)50(43-26-10-11-27-45(43)54-46)41-24-8-6-21-38(41)39-22-7-9-25-42(39)50/h1-31H. The van der Waals surface area contributed by atoms with Gasteiger partial charge in [0, 0.05) is 26.5 Å². The summed E-state index contributed by atoms with van der Waals surface area (Å²) in [7, 11) is 0. The molecule has 54 heavy (non-hydrogen) atoms. The van der Waals surface area contributed by atoms with Crippen molar-refractivity contribution in [1.29, 1.82) is 0 Å². The minimum absolute atomic E-state index is 0.426. The van der Waals surface area contributed by atoms with Crippen molar-refractivity contribution >= 4 is 22.5 Å². The molecule has 1 aliphatic heterocycles. The van der Waals surface area contributed by atoms with E-state index in [1.165, 1.54) is 43.2 Å². The van der Waals surface area contributed by atoms with E-state index in [4.69, 9.17) is 15.0 Å². The van der Waals surface area contributed by atoms with Crippen molar-refractivity contribution in [3.05, 3.63) is 210 Å². The first kappa shape index (κ1) is 31.0.